The molecule has 2 aromatic rings. The normalized spacial score (nSPS) is 12.5. The van der Waals surface area contributed by atoms with E-state index in [-0.39, 0.29) is 18.0 Å². The minimum absolute atomic E-state index is 0.0130. The molecule has 1 heterocycles. The number of nitrogens with one attached hydrogen (secondary N) is 1. The number of hydrogen-bond donors (Lipinski definition) is 1. The summed E-state index contributed by atoms with van der Waals surface area (Å²) < 4.78 is 1.89. The molecule has 0 aliphatic heterocycles. The SMILES string of the molecule is CC(=O)NC(C)Cc1nc(Cc2c(Cl)cccc2Cl)nn1C(C)C. The van der Waals surface area contributed by atoms with Crippen LogP contribution in [0.2, 0.25) is 10.0 Å². The predicted molar refractivity (Wildman–Crippen MR) is 96.7 cm³/mol. The van der Waals surface area contributed by atoms with Gasteiger partial charge in [0, 0.05) is 41.9 Å². The molecule has 1 atom stereocenters. The van der Waals surface area contributed by atoms with Gasteiger partial charge in [-0.1, -0.05) is 29.3 Å². The van der Waals surface area contributed by atoms with Gasteiger partial charge >= 0.3 is 0 Å². The lowest BCUT2D eigenvalue weighted by Crippen LogP contribution is -2.33. The van der Waals surface area contributed by atoms with Crippen molar-refractivity contribution in [3.05, 3.63) is 45.5 Å². The second-order valence-corrected chi connectivity index (χ2v) is 6.98. The van der Waals surface area contributed by atoms with Crippen molar-refractivity contribution in [1.29, 1.82) is 0 Å². The molecule has 1 aromatic carbocycles. The molecule has 130 valence electrons. The summed E-state index contributed by atoms with van der Waals surface area (Å²) in [4.78, 5) is 15.8. The van der Waals surface area contributed by atoms with E-state index in [0.717, 1.165) is 11.4 Å². The largest absolute Gasteiger partial charge is 0.353 e. The van der Waals surface area contributed by atoms with Crippen molar-refractivity contribution in [2.45, 2.75) is 52.6 Å². The van der Waals surface area contributed by atoms with Gasteiger partial charge < -0.3 is 5.32 Å². The van der Waals surface area contributed by atoms with E-state index in [0.29, 0.717) is 28.7 Å². The summed E-state index contributed by atoms with van der Waals surface area (Å²) in [6.45, 7) is 7.56. The minimum atomic E-state index is -0.0545. The highest BCUT2D eigenvalue weighted by molar-refractivity contribution is 6.36. The number of nitrogens with zero attached hydrogens (tertiary/aromatic N) is 3. The molecule has 1 unspecified atom stereocenters. The molecule has 24 heavy (non-hydrogen) atoms. The van der Waals surface area contributed by atoms with E-state index >= 15 is 0 Å². The number of halogens is 2. The maximum absolute atomic E-state index is 11.2. The Hall–Kier alpha value is -1.59. The summed E-state index contributed by atoms with van der Waals surface area (Å²) in [6, 6.07) is 5.59. The van der Waals surface area contributed by atoms with Gasteiger partial charge in [-0.3, -0.25) is 4.79 Å². The van der Waals surface area contributed by atoms with Gasteiger partial charge in [0.1, 0.15) is 5.82 Å². The Morgan fingerprint density at radius 2 is 1.88 bits per heavy atom. The van der Waals surface area contributed by atoms with Crippen LogP contribution in [0.15, 0.2) is 18.2 Å². The fourth-order valence-corrected chi connectivity index (χ4v) is 3.09. The number of rotatable bonds is 6. The van der Waals surface area contributed by atoms with E-state index in [1.165, 1.54) is 6.92 Å². The van der Waals surface area contributed by atoms with Crippen molar-refractivity contribution < 1.29 is 4.79 Å². The van der Waals surface area contributed by atoms with Crippen LogP contribution in [-0.2, 0) is 17.6 Å². The maximum Gasteiger partial charge on any atom is 0.217 e. The van der Waals surface area contributed by atoms with Crippen LogP contribution in [0, 0.1) is 0 Å². The van der Waals surface area contributed by atoms with Gasteiger partial charge in [-0.25, -0.2) is 9.67 Å². The van der Waals surface area contributed by atoms with Crippen LogP contribution in [0.25, 0.3) is 0 Å². The number of amides is 1. The van der Waals surface area contributed by atoms with Crippen LogP contribution in [0.4, 0.5) is 0 Å². The maximum atomic E-state index is 11.2. The molecule has 0 bridgehead atoms. The van der Waals surface area contributed by atoms with Crippen molar-refractivity contribution in [3.8, 4) is 0 Å². The average Bonchev–Trinajstić information content (AvgIpc) is 2.85. The summed E-state index contributed by atoms with van der Waals surface area (Å²) in [5.74, 6) is 1.45. The van der Waals surface area contributed by atoms with Crippen molar-refractivity contribution in [1.82, 2.24) is 20.1 Å². The molecule has 0 aliphatic carbocycles. The zero-order valence-electron chi connectivity index (χ0n) is 14.3. The molecular weight excluding hydrogens is 347 g/mol. The van der Waals surface area contributed by atoms with Gasteiger partial charge in [-0.05, 0) is 38.5 Å². The van der Waals surface area contributed by atoms with E-state index in [4.69, 9.17) is 23.2 Å². The minimum Gasteiger partial charge on any atom is -0.353 e. The molecule has 0 aliphatic rings. The summed E-state index contributed by atoms with van der Waals surface area (Å²) in [6.07, 6.45) is 1.08. The van der Waals surface area contributed by atoms with E-state index in [9.17, 15) is 4.79 Å². The molecule has 7 heteroatoms. The summed E-state index contributed by atoms with van der Waals surface area (Å²) in [7, 11) is 0. The molecule has 0 fully saturated rings. The van der Waals surface area contributed by atoms with Crippen LogP contribution in [-0.4, -0.2) is 26.7 Å². The molecule has 0 radical (unpaired) electrons. The second kappa shape index (κ2) is 7.99. The van der Waals surface area contributed by atoms with Gasteiger partial charge in [0.2, 0.25) is 5.91 Å². The average molecular weight is 369 g/mol. The number of carbonyl (C=O) groups is 1. The molecule has 1 aromatic heterocycles. The van der Waals surface area contributed by atoms with Crippen molar-refractivity contribution in [2.75, 3.05) is 0 Å². The smallest absolute Gasteiger partial charge is 0.217 e. The highest BCUT2D eigenvalue weighted by Crippen LogP contribution is 2.26. The first-order valence-corrected chi connectivity index (χ1v) is 8.67. The predicted octanol–water partition coefficient (Wildman–Crippen LogP) is 3.82. The molecule has 2 rings (SSSR count). The topological polar surface area (TPSA) is 59.8 Å². The van der Waals surface area contributed by atoms with Gasteiger partial charge in [-0.2, -0.15) is 5.10 Å². The molecule has 5 nitrogen and oxygen atoms in total. The Balaban J connectivity index is 2.26. The van der Waals surface area contributed by atoms with Crippen LogP contribution in [0.1, 0.15) is 50.9 Å². The van der Waals surface area contributed by atoms with Gasteiger partial charge in [0.25, 0.3) is 0 Å². The molecule has 0 spiro atoms. The van der Waals surface area contributed by atoms with E-state index < -0.39 is 0 Å². The summed E-state index contributed by atoms with van der Waals surface area (Å²) in [5.41, 5.74) is 0.822. The Kier molecular flexibility index (Phi) is 6.24. The zero-order chi connectivity index (χ0) is 17.9. The first-order chi connectivity index (χ1) is 11.3. The van der Waals surface area contributed by atoms with Crippen molar-refractivity contribution in [2.24, 2.45) is 0 Å². The number of aromatic nitrogens is 3. The number of hydrogen-bond acceptors (Lipinski definition) is 3. The second-order valence-electron chi connectivity index (χ2n) is 6.17. The lowest BCUT2D eigenvalue weighted by Gasteiger charge is -2.14. The van der Waals surface area contributed by atoms with Crippen LogP contribution < -0.4 is 5.32 Å². The third-order valence-electron chi connectivity index (χ3n) is 3.57. The van der Waals surface area contributed by atoms with Crippen molar-refractivity contribution in [3.63, 3.8) is 0 Å². The van der Waals surface area contributed by atoms with Gasteiger partial charge in [0.15, 0.2) is 5.82 Å². The van der Waals surface area contributed by atoms with E-state index in [1.807, 2.05) is 43.7 Å². The molecule has 1 N–H and O–H groups in total. The fraction of sp³-hybridized carbons (Fsp3) is 0.471. The molecule has 1 amide bonds. The highest BCUT2D eigenvalue weighted by Gasteiger charge is 2.17. The van der Waals surface area contributed by atoms with Crippen LogP contribution in [0.3, 0.4) is 0 Å². The van der Waals surface area contributed by atoms with Crippen LogP contribution >= 0.6 is 23.2 Å². The standard InChI is InChI=1S/C17H22Cl2N4O/c1-10(2)23-17(8-11(3)20-12(4)24)21-16(22-23)9-13-14(18)6-5-7-15(13)19/h5-7,10-11H,8-9H2,1-4H3,(H,20,24). The monoisotopic (exact) mass is 368 g/mol. The molecular formula is C17H22Cl2N4O. The zero-order valence-corrected chi connectivity index (χ0v) is 15.8. The summed E-state index contributed by atoms with van der Waals surface area (Å²) >= 11 is 12.5. The highest BCUT2D eigenvalue weighted by atomic mass is 35.5. The summed E-state index contributed by atoms with van der Waals surface area (Å²) in [5, 5.41) is 8.68. The van der Waals surface area contributed by atoms with Crippen molar-refractivity contribution >= 4 is 29.1 Å². The third kappa shape index (κ3) is 4.71. The molecule has 0 saturated carbocycles. The Morgan fingerprint density at radius 3 is 2.42 bits per heavy atom. The van der Waals surface area contributed by atoms with Crippen LogP contribution in [0.5, 0.6) is 0 Å². The number of carbonyl (C=O) groups excluding carboxylic acids is 1. The Morgan fingerprint density at radius 1 is 1.25 bits per heavy atom. The van der Waals surface area contributed by atoms with E-state index in [2.05, 4.69) is 15.4 Å². The lowest BCUT2D eigenvalue weighted by atomic mass is 10.1. The first-order valence-electron chi connectivity index (χ1n) is 7.92. The van der Waals surface area contributed by atoms with Gasteiger partial charge in [-0.15, -0.1) is 0 Å². The fourth-order valence-electron chi connectivity index (χ4n) is 2.56. The molecule has 0 saturated heterocycles. The Labute approximate surface area is 152 Å². The Bertz CT molecular complexity index is 707. The number of benzene rings is 1. The van der Waals surface area contributed by atoms with E-state index in [1.54, 1.807) is 0 Å². The third-order valence-corrected chi connectivity index (χ3v) is 4.28. The lowest BCUT2D eigenvalue weighted by molar-refractivity contribution is -0.119. The quantitative estimate of drug-likeness (QED) is 0.842. The first kappa shape index (κ1) is 18.7. The van der Waals surface area contributed by atoms with Gasteiger partial charge in [0.05, 0.1) is 0 Å².